The van der Waals surface area contributed by atoms with Gasteiger partial charge in [-0.2, -0.15) is 0 Å². The Hall–Kier alpha value is -0.900. The Bertz CT molecular complexity index is 511. The van der Waals surface area contributed by atoms with Crippen molar-refractivity contribution in [3.8, 4) is 0 Å². The van der Waals surface area contributed by atoms with E-state index in [0.717, 1.165) is 12.2 Å². The summed E-state index contributed by atoms with van der Waals surface area (Å²) in [6.45, 7) is 0.805. The van der Waals surface area contributed by atoms with Crippen LogP contribution >= 0.6 is 34.5 Å². The number of nitrogens with two attached hydrogens (primary N) is 1. The minimum absolute atomic E-state index is 0.484. The van der Waals surface area contributed by atoms with Crippen LogP contribution in [-0.2, 0) is 6.54 Å². The summed E-state index contributed by atoms with van der Waals surface area (Å²) in [5.41, 5.74) is 7.47. The lowest BCUT2D eigenvalue weighted by atomic mass is 10.2. The molecule has 0 aliphatic heterocycles. The van der Waals surface area contributed by atoms with Crippen LogP contribution in [0.15, 0.2) is 29.6 Å². The van der Waals surface area contributed by atoms with Gasteiger partial charge >= 0.3 is 0 Å². The van der Waals surface area contributed by atoms with Gasteiger partial charge in [0.1, 0.15) is 0 Å². The molecule has 1 aromatic carbocycles. The van der Waals surface area contributed by atoms with E-state index in [1.165, 1.54) is 4.88 Å². The van der Waals surface area contributed by atoms with Crippen LogP contribution in [0.2, 0.25) is 10.0 Å². The van der Waals surface area contributed by atoms with Crippen molar-refractivity contribution >= 4 is 45.9 Å². The average Bonchev–Trinajstić information content (AvgIpc) is 2.76. The van der Waals surface area contributed by atoms with Crippen LogP contribution in [0.5, 0.6) is 0 Å². The zero-order chi connectivity index (χ0) is 12.4. The standard InChI is InChI=1S/C12H12Cl2N2S/c1-16(7-8-3-2-4-17-8)12-6-10(14)9(13)5-11(12)15/h2-6H,7,15H2,1H3. The molecule has 0 spiro atoms. The van der Waals surface area contributed by atoms with E-state index in [0.29, 0.717) is 15.7 Å². The number of benzene rings is 1. The van der Waals surface area contributed by atoms with Crippen molar-refractivity contribution in [1.29, 1.82) is 0 Å². The van der Waals surface area contributed by atoms with Gasteiger partial charge in [0.2, 0.25) is 0 Å². The minimum atomic E-state index is 0.484. The van der Waals surface area contributed by atoms with Crippen molar-refractivity contribution < 1.29 is 0 Å². The summed E-state index contributed by atoms with van der Waals surface area (Å²) in [7, 11) is 1.98. The Kier molecular flexibility index (Phi) is 3.82. The highest BCUT2D eigenvalue weighted by Gasteiger charge is 2.10. The molecule has 5 heteroatoms. The summed E-state index contributed by atoms with van der Waals surface area (Å²) in [6.07, 6.45) is 0. The van der Waals surface area contributed by atoms with Gasteiger partial charge in [-0.25, -0.2) is 0 Å². The van der Waals surface area contributed by atoms with Crippen LogP contribution in [0.25, 0.3) is 0 Å². The predicted octanol–water partition coefficient (Wildman–Crippen LogP) is 4.27. The van der Waals surface area contributed by atoms with Gasteiger partial charge in [0, 0.05) is 11.9 Å². The van der Waals surface area contributed by atoms with Gasteiger partial charge in [-0.1, -0.05) is 29.3 Å². The van der Waals surface area contributed by atoms with Crippen molar-refractivity contribution in [3.05, 3.63) is 44.6 Å². The first-order chi connectivity index (χ1) is 8.08. The maximum atomic E-state index is 6.00. The maximum Gasteiger partial charge on any atom is 0.0616 e. The lowest BCUT2D eigenvalue weighted by Gasteiger charge is -2.21. The van der Waals surface area contributed by atoms with Crippen molar-refractivity contribution in [3.63, 3.8) is 0 Å². The molecule has 0 saturated heterocycles. The zero-order valence-corrected chi connectivity index (χ0v) is 11.6. The van der Waals surface area contributed by atoms with Crippen LogP contribution in [0.4, 0.5) is 11.4 Å². The molecule has 0 unspecified atom stereocenters. The van der Waals surface area contributed by atoms with Crippen LogP contribution in [0, 0.1) is 0 Å². The number of anilines is 2. The van der Waals surface area contributed by atoms with Gasteiger partial charge in [0.15, 0.2) is 0 Å². The van der Waals surface area contributed by atoms with Gasteiger partial charge in [-0.3, -0.25) is 0 Å². The van der Waals surface area contributed by atoms with Gasteiger partial charge < -0.3 is 10.6 Å². The second kappa shape index (κ2) is 5.17. The average molecular weight is 287 g/mol. The molecule has 2 nitrogen and oxygen atoms in total. The fraction of sp³-hybridized carbons (Fsp3) is 0.167. The van der Waals surface area contributed by atoms with E-state index in [9.17, 15) is 0 Å². The molecule has 2 rings (SSSR count). The molecule has 17 heavy (non-hydrogen) atoms. The predicted molar refractivity (Wildman–Crippen MR) is 77.3 cm³/mol. The molecule has 2 aromatic rings. The molecule has 2 N–H and O–H groups in total. The van der Waals surface area contributed by atoms with Crippen LogP contribution in [0.1, 0.15) is 4.88 Å². The number of hydrogen-bond acceptors (Lipinski definition) is 3. The highest BCUT2D eigenvalue weighted by Crippen LogP contribution is 2.33. The normalized spacial score (nSPS) is 10.5. The quantitative estimate of drug-likeness (QED) is 0.854. The first-order valence-electron chi connectivity index (χ1n) is 5.06. The second-order valence-electron chi connectivity index (χ2n) is 3.76. The van der Waals surface area contributed by atoms with Crippen molar-refractivity contribution in [2.24, 2.45) is 0 Å². The monoisotopic (exact) mass is 286 g/mol. The Morgan fingerprint density at radius 2 is 2.00 bits per heavy atom. The van der Waals surface area contributed by atoms with Crippen molar-refractivity contribution in [1.82, 2.24) is 0 Å². The van der Waals surface area contributed by atoms with Gasteiger partial charge in [-0.15, -0.1) is 11.3 Å². The zero-order valence-electron chi connectivity index (χ0n) is 9.28. The first-order valence-corrected chi connectivity index (χ1v) is 6.69. The van der Waals surface area contributed by atoms with Crippen LogP contribution in [-0.4, -0.2) is 7.05 Å². The lowest BCUT2D eigenvalue weighted by Crippen LogP contribution is -2.17. The lowest BCUT2D eigenvalue weighted by molar-refractivity contribution is 0.942. The highest BCUT2D eigenvalue weighted by atomic mass is 35.5. The van der Waals surface area contributed by atoms with Gasteiger partial charge in [0.05, 0.1) is 28.0 Å². The maximum absolute atomic E-state index is 6.00. The van der Waals surface area contributed by atoms with Crippen LogP contribution in [0.3, 0.4) is 0 Å². The molecule has 0 aliphatic rings. The fourth-order valence-electron chi connectivity index (χ4n) is 1.60. The minimum Gasteiger partial charge on any atom is -0.397 e. The molecular weight excluding hydrogens is 275 g/mol. The summed E-state index contributed by atoms with van der Waals surface area (Å²) < 4.78 is 0. The number of nitrogen functional groups attached to an aromatic ring is 1. The molecule has 1 aromatic heterocycles. The Morgan fingerprint density at radius 1 is 1.29 bits per heavy atom. The number of thiophene rings is 1. The van der Waals surface area contributed by atoms with E-state index in [2.05, 4.69) is 16.3 Å². The van der Waals surface area contributed by atoms with E-state index in [1.807, 2.05) is 13.1 Å². The van der Waals surface area contributed by atoms with E-state index >= 15 is 0 Å². The van der Waals surface area contributed by atoms with Crippen molar-refractivity contribution in [2.45, 2.75) is 6.54 Å². The molecule has 1 heterocycles. The second-order valence-corrected chi connectivity index (χ2v) is 5.61. The SMILES string of the molecule is CN(Cc1cccs1)c1cc(Cl)c(Cl)cc1N. The molecule has 0 fully saturated rings. The molecular formula is C12H12Cl2N2S. The molecule has 0 amide bonds. The molecule has 0 aliphatic carbocycles. The van der Waals surface area contributed by atoms with Gasteiger partial charge in [0.25, 0.3) is 0 Å². The molecule has 0 radical (unpaired) electrons. The van der Waals surface area contributed by atoms with E-state index < -0.39 is 0 Å². The van der Waals surface area contributed by atoms with E-state index in [4.69, 9.17) is 28.9 Å². The Morgan fingerprint density at radius 3 is 2.65 bits per heavy atom. The number of hydrogen-bond donors (Lipinski definition) is 1. The van der Waals surface area contributed by atoms with Crippen molar-refractivity contribution in [2.75, 3.05) is 17.7 Å². The molecule has 0 atom stereocenters. The highest BCUT2D eigenvalue weighted by molar-refractivity contribution is 7.09. The fourth-order valence-corrected chi connectivity index (χ4v) is 2.69. The smallest absolute Gasteiger partial charge is 0.0616 e. The number of nitrogens with zero attached hydrogens (tertiary/aromatic N) is 1. The third-order valence-electron chi connectivity index (χ3n) is 2.45. The number of halogens is 2. The Labute approximate surface area is 115 Å². The largest absolute Gasteiger partial charge is 0.397 e. The topological polar surface area (TPSA) is 29.3 Å². The summed E-state index contributed by atoms with van der Waals surface area (Å²) >= 11 is 13.6. The van der Waals surface area contributed by atoms with E-state index in [1.54, 1.807) is 23.5 Å². The third-order valence-corrected chi connectivity index (χ3v) is 4.04. The molecule has 0 bridgehead atoms. The number of rotatable bonds is 3. The summed E-state index contributed by atoms with van der Waals surface area (Å²) in [4.78, 5) is 3.33. The first kappa shape index (κ1) is 12.6. The van der Waals surface area contributed by atoms with Crippen LogP contribution < -0.4 is 10.6 Å². The third kappa shape index (κ3) is 2.86. The van der Waals surface area contributed by atoms with Gasteiger partial charge in [-0.05, 0) is 23.6 Å². The molecule has 90 valence electrons. The summed E-state index contributed by atoms with van der Waals surface area (Å²) in [5.74, 6) is 0. The molecule has 0 saturated carbocycles. The van der Waals surface area contributed by atoms with E-state index in [-0.39, 0.29) is 0 Å². The Balaban J connectivity index is 2.24. The summed E-state index contributed by atoms with van der Waals surface area (Å²) in [6, 6.07) is 7.61. The summed E-state index contributed by atoms with van der Waals surface area (Å²) in [5, 5.41) is 3.06.